The molecule has 1 heterocycles. The molecular weight excluding hydrogens is 256 g/mol. The average molecular weight is 278 g/mol. The standard InChI is InChI=1S/C20H22O/c1-12(2)15-9-7-11-17-18(13(3)4)16-10-6-8-14(5)19(16)21-20(15)17/h6-12H,1-5H3. The van der Waals surface area contributed by atoms with E-state index < -0.39 is 0 Å². The zero-order valence-corrected chi connectivity index (χ0v) is 13.4. The van der Waals surface area contributed by atoms with Gasteiger partial charge in [-0.25, -0.2) is 0 Å². The maximum Gasteiger partial charge on any atom is 0.138 e. The molecule has 1 aliphatic heterocycles. The van der Waals surface area contributed by atoms with Crippen LogP contribution in [0.2, 0.25) is 0 Å². The topological polar surface area (TPSA) is 9.23 Å². The Hall–Kier alpha value is -2.02. The van der Waals surface area contributed by atoms with Crippen molar-refractivity contribution in [3.63, 3.8) is 0 Å². The van der Waals surface area contributed by atoms with Gasteiger partial charge < -0.3 is 4.74 Å². The number of hydrogen-bond donors (Lipinski definition) is 0. The summed E-state index contributed by atoms with van der Waals surface area (Å²) in [5.74, 6) is 2.49. The molecule has 0 aliphatic carbocycles. The van der Waals surface area contributed by atoms with Crippen LogP contribution in [-0.2, 0) is 0 Å². The van der Waals surface area contributed by atoms with Crippen LogP contribution in [0.15, 0.2) is 42.0 Å². The minimum absolute atomic E-state index is 0.448. The van der Waals surface area contributed by atoms with Gasteiger partial charge in [-0.1, -0.05) is 55.8 Å². The van der Waals surface area contributed by atoms with E-state index in [1.807, 2.05) is 0 Å². The second-order valence-corrected chi connectivity index (χ2v) is 6.31. The molecule has 0 bridgehead atoms. The van der Waals surface area contributed by atoms with E-state index in [0.717, 1.165) is 11.5 Å². The third-order valence-electron chi connectivity index (χ3n) is 4.12. The summed E-state index contributed by atoms with van der Waals surface area (Å²) in [6, 6.07) is 12.9. The minimum atomic E-state index is 0.448. The summed E-state index contributed by atoms with van der Waals surface area (Å²) in [4.78, 5) is 0. The summed E-state index contributed by atoms with van der Waals surface area (Å²) in [6.45, 7) is 10.9. The van der Waals surface area contributed by atoms with Crippen molar-refractivity contribution in [1.29, 1.82) is 0 Å². The molecule has 0 N–H and O–H groups in total. The second-order valence-electron chi connectivity index (χ2n) is 6.31. The summed E-state index contributed by atoms with van der Waals surface area (Å²) in [6.07, 6.45) is 0. The predicted octanol–water partition coefficient (Wildman–Crippen LogP) is 6.07. The van der Waals surface area contributed by atoms with Gasteiger partial charge in [0, 0.05) is 11.1 Å². The van der Waals surface area contributed by atoms with E-state index in [0.29, 0.717) is 5.92 Å². The van der Waals surface area contributed by atoms with Gasteiger partial charge in [-0.2, -0.15) is 0 Å². The van der Waals surface area contributed by atoms with Crippen LogP contribution in [0.3, 0.4) is 0 Å². The van der Waals surface area contributed by atoms with Crippen molar-refractivity contribution in [1.82, 2.24) is 0 Å². The van der Waals surface area contributed by atoms with Gasteiger partial charge in [0.1, 0.15) is 11.5 Å². The normalized spacial score (nSPS) is 12.8. The van der Waals surface area contributed by atoms with Crippen LogP contribution in [0.5, 0.6) is 11.5 Å². The van der Waals surface area contributed by atoms with Crippen molar-refractivity contribution in [2.75, 3.05) is 0 Å². The van der Waals surface area contributed by atoms with E-state index >= 15 is 0 Å². The molecule has 0 unspecified atom stereocenters. The van der Waals surface area contributed by atoms with Crippen LogP contribution in [-0.4, -0.2) is 0 Å². The SMILES string of the molecule is CC(C)=C1c2cccc(C)c2Oc2c1cccc2C(C)C. The largest absolute Gasteiger partial charge is 0.455 e. The number of para-hydroxylation sites is 2. The highest BCUT2D eigenvalue weighted by molar-refractivity contribution is 5.90. The van der Waals surface area contributed by atoms with Crippen LogP contribution in [0.4, 0.5) is 0 Å². The molecule has 1 aliphatic rings. The molecule has 0 saturated carbocycles. The fourth-order valence-corrected chi connectivity index (χ4v) is 3.09. The van der Waals surface area contributed by atoms with E-state index in [1.165, 1.54) is 33.4 Å². The van der Waals surface area contributed by atoms with Crippen LogP contribution in [0.1, 0.15) is 55.9 Å². The number of aryl methyl sites for hydroxylation is 1. The highest BCUT2D eigenvalue weighted by Crippen LogP contribution is 2.48. The quantitative estimate of drug-likeness (QED) is 0.525. The Morgan fingerprint density at radius 2 is 1.52 bits per heavy atom. The summed E-state index contributed by atoms with van der Waals surface area (Å²) in [7, 11) is 0. The van der Waals surface area contributed by atoms with Crippen molar-refractivity contribution in [3.05, 3.63) is 64.2 Å². The summed E-state index contributed by atoms with van der Waals surface area (Å²) < 4.78 is 6.35. The third kappa shape index (κ3) is 2.17. The molecule has 2 aromatic carbocycles. The zero-order chi connectivity index (χ0) is 15.1. The molecule has 0 amide bonds. The van der Waals surface area contributed by atoms with E-state index in [9.17, 15) is 0 Å². The van der Waals surface area contributed by atoms with Gasteiger partial charge in [-0.05, 0) is 43.4 Å². The van der Waals surface area contributed by atoms with Gasteiger partial charge in [0.25, 0.3) is 0 Å². The fourth-order valence-electron chi connectivity index (χ4n) is 3.09. The number of benzene rings is 2. The highest BCUT2D eigenvalue weighted by atomic mass is 16.5. The first-order chi connectivity index (χ1) is 10.0. The summed E-state index contributed by atoms with van der Waals surface area (Å²) in [5, 5.41) is 0. The molecule has 0 saturated heterocycles. The molecule has 0 atom stereocenters. The Kier molecular flexibility index (Phi) is 3.36. The van der Waals surface area contributed by atoms with Gasteiger partial charge >= 0.3 is 0 Å². The highest BCUT2D eigenvalue weighted by Gasteiger charge is 2.26. The van der Waals surface area contributed by atoms with Crippen molar-refractivity contribution < 1.29 is 4.74 Å². The predicted molar refractivity (Wildman–Crippen MR) is 89.2 cm³/mol. The Balaban J connectivity index is 2.35. The van der Waals surface area contributed by atoms with Crippen LogP contribution in [0, 0.1) is 6.92 Å². The lowest BCUT2D eigenvalue weighted by Crippen LogP contribution is -2.08. The van der Waals surface area contributed by atoms with Gasteiger partial charge in [-0.3, -0.25) is 0 Å². The number of ether oxygens (including phenoxy) is 1. The molecule has 0 fully saturated rings. The third-order valence-corrected chi connectivity index (χ3v) is 4.12. The molecule has 21 heavy (non-hydrogen) atoms. The van der Waals surface area contributed by atoms with Crippen LogP contribution >= 0.6 is 0 Å². The smallest absolute Gasteiger partial charge is 0.138 e. The lowest BCUT2D eigenvalue weighted by molar-refractivity contribution is 0.461. The molecule has 3 rings (SSSR count). The monoisotopic (exact) mass is 278 g/mol. The Bertz CT molecular complexity index is 731. The molecule has 1 heteroatoms. The van der Waals surface area contributed by atoms with Gasteiger partial charge in [0.15, 0.2) is 0 Å². The molecule has 0 spiro atoms. The first-order valence-electron chi connectivity index (χ1n) is 7.59. The van der Waals surface area contributed by atoms with Crippen molar-refractivity contribution in [2.45, 2.75) is 40.5 Å². The Labute approximate surface area is 127 Å². The van der Waals surface area contributed by atoms with E-state index in [1.54, 1.807) is 0 Å². The Morgan fingerprint density at radius 1 is 0.905 bits per heavy atom. The molecule has 108 valence electrons. The van der Waals surface area contributed by atoms with Crippen LogP contribution in [0.25, 0.3) is 5.57 Å². The van der Waals surface area contributed by atoms with Crippen LogP contribution < -0.4 is 4.74 Å². The van der Waals surface area contributed by atoms with Crippen molar-refractivity contribution in [3.8, 4) is 11.5 Å². The lowest BCUT2D eigenvalue weighted by atomic mass is 9.87. The van der Waals surface area contributed by atoms with E-state index in [2.05, 4.69) is 71.0 Å². The molecule has 0 aromatic heterocycles. The van der Waals surface area contributed by atoms with E-state index in [4.69, 9.17) is 4.74 Å². The molecule has 1 nitrogen and oxygen atoms in total. The van der Waals surface area contributed by atoms with Gasteiger partial charge in [0.05, 0.1) is 0 Å². The average Bonchev–Trinajstić information content (AvgIpc) is 2.44. The lowest BCUT2D eigenvalue weighted by Gasteiger charge is -2.28. The maximum absolute atomic E-state index is 6.35. The molecule has 2 aromatic rings. The second kappa shape index (κ2) is 5.07. The number of rotatable bonds is 1. The number of allylic oxidation sites excluding steroid dienone is 1. The van der Waals surface area contributed by atoms with Crippen molar-refractivity contribution >= 4 is 5.57 Å². The summed E-state index contributed by atoms with van der Waals surface area (Å²) >= 11 is 0. The maximum atomic E-state index is 6.35. The van der Waals surface area contributed by atoms with E-state index in [-0.39, 0.29) is 0 Å². The molecule has 0 radical (unpaired) electrons. The van der Waals surface area contributed by atoms with Gasteiger partial charge in [-0.15, -0.1) is 0 Å². The Morgan fingerprint density at radius 3 is 2.14 bits per heavy atom. The first-order valence-corrected chi connectivity index (χ1v) is 7.59. The van der Waals surface area contributed by atoms with Crippen molar-refractivity contribution in [2.24, 2.45) is 0 Å². The molecular formula is C20H22O. The summed E-state index contributed by atoms with van der Waals surface area (Å²) in [5.41, 5.74) is 7.54. The number of fused-ring (bicyclic) bond motifs is 2. The first kappa shape index (κ1) is 13.9. The fraction of sp³-hybridized carbons (Fsp3) is 0.300. The zero-order valence-electron chi connectivity index (χ0n) is 13.4. The number of hydrogen-bond acceptors (Lipinski definition) is 1. The van der Waals surface area contributed by atoms with Gasteiger partial charge in [0.2, 0.25) is 0 Å². The minimum Gasteiger partial charge on any atom is -0.455 e.